The highest BCUT2D eigenvalue weighted by atomic mass is 35.5. The molecule has 0 fully saturated rings. The topological polar surface area (TPSA) is 95.0 Å². The lowest BCUT2D eigenvalue weighted by atomic mass is 10.2. The molecule has 0 atom stereocenters. The van der Waals surface area contributed by atoms with Gasteiger partial charge in [0.05, 0.1) is 11.0 Å². The summed E-state index contributed by atoms with van der Waals surface area (Å²) >= 11 is 6.15. The molecule has 31 heavy (non-hydrogen) atoms. The van der Waals surface area contributed by atoms with E-state index in [-0.39, 0.29) is 24.2 Å². The Morgan fingerprint density at radius 2 is 1.97 bits per heavy atom. The molecule has 0 spiro atoms. The van der Waals surface area contributed by atoms with E-state index >= 15 is 0 Å². The van der Waals surface area contributed by atoms with Crippen LogP contribution in [0.5, 0.6) is 0 Å². The summed E-state index contributed by atoms with van der Waals surface area (Å²) < 4.78 is 8.19. The number of hydrogen-bond acceptors (Lipinski definition) is 5. The van der Waals surface area contributed by atoms with Crippen molar-refractivity contribution in [3.05, 3.63) is 63.4 Å². The number of carbonyl (C=O) groups is 1. The third-order valence-corrected chi connectivity index (χ3v) is 5.52. The zero-order valence-corrected chi connectivity index (χ0v) is 18.4. The number of fused-ring (bicyclic) bond motifs is 1. The number of hydrogen-bond donors (Lipinski definition) is 1. The average molecular weight is 440 g/mol. The third-order valence-electron chi connectivity index (χ3n) is 5.11. The molecule has 0 aliphatic carbocycles. The second-order valence-corrected chi connectivity index (χ2v) is 8.04. The molecule has 4 aromatic rings. The molecule has 1 N–H and O–H groups in total. The van der Waals surface area contributed by atoms with Crippen LogP contribution in [0.25, 0.3) is 22.4 Å². The fraction of sp³-hybridized carbons (Fsp3) is 0.273. The van der Waals surface area contributed by atoms with E-state index in [0.29, 0.717) is 33.5 Å². The maximum atomic E-state index is 13.2. The largest absolute Gasteiger partial charge is 0.339 e. The number of aromatic nitrogens is 4. The summed E-state index contributed by atoms with van der Waals surface area (Å²) in [7, 11) is 0. The molecular weight excluding hydrogens is 418 g/mol. The van der Waals surface area contributed by atoms with Gasteiger partial charge in [-0.25, -0.2) is 4.79 Å². The molecule has 4 rings (SSSR count). The summed E-state index contributed by atoms with van der Waals surface area (Å²) in [5.74, 6) is 0.550. The zero-order chi connectivity index (χ0) is 22.3. The van der Waals surface area contributed by atoms with Gasteiger partial charge in [-0.3, -0.25) is 13.9 Å². The van der Waals surface area contributed by atoms with Crippen LogP contribution in [0.2, 0.25) is 5.02 Å². The van der Waals surface area contributed by atoms with Gasteiger partial charge >= 0.3 is 5.69 Å². The highest BCUT2D eigenvalue weighted by Gasteiger charge is 2.19. The summed E-state index contributed by atoms with van der Waals surface area (Å²) in [4.78, 5) is 30.2. The fourth-order valence-electron chi connectivity index (χ4n) is 3.56. The van der Waals surface area contributed by atoms with Gasteiger partial charge in [-0.05, 0) is 56.7 Å². The van der Waals surface area contributed by atoms with Crippen molar-refractivity contribution < 1.29 is 9.32 Å². The number of halogens is 1. The first-order chi connectivity index (χ1) is 14.8. The average Bonchev–Trinajstić information content (AvgIpc) is 3.26. The standard InChI is InChI=1S/C22H22ClN5O3/c1-12(2)28-18-9-8-15(21-24-14(4)31-26-21)10-19(18)27(22(28)30)11-20(29)25-17-7-5-6-16(23)13(17)3/h5-10,12H,11H2,1-4H3,(H,25,29). The van der Waals surface area contributed by atoms with E-state index in [1.54, 1.807) is 35.8 Å². The highest BCUT2D eigenvalue weighted by molar-refractivity contribution is 6.31. The van der Waals surface area contributed by atoms with Crippen molar-refractivity contribution in [3.8, 4) is 11.4 Å². The van der Waals surface area contributed by atoms with Crippen molar-refractivity contribution in [2.75, 3.05) is 5.32 Å². The van der Waals surface area contributed by atoms with E-state index < -0.39 is 0 Å². The van der Waals surface area contributed by atoms with Crippen LogP contribution >= 0.6 is 11.6 Å². The van der Waals surface area contributed by atoms with Gasteiger partial charge in [-0.2, -0.15) is 4.98 Å². The minimum Gasteiger partial charge on any atom is -0.339 e. The molecule has 0 saturated carbocycles. The molecule has 0 bridgehead atoms. The molecule has 2 aromatic heterocycles. The first-order valence-corrected chi connectivity index (χ1v) is 10.2. The number of benzene rings is 2. The number of nitrogens with one attached hydrogen (secondary N) is 1. The molecule has 9 heteroatoms. The van der Waals surface area contributed by atoms with Crippen molar-refractivity contribution in [2.45, 2.75) is 40.3 Å². The van der Waals surface area contributed by atoms with E-state index in [2.05, 4.69) is 15.5 Å². The van der Waals surface area contributed by atoms with Crippen molar-refractivity contribution in [3.63, 3.8) is 0 Å². The predicted octanol–water partition coefficient (Wildman–Crippen LogP) is 4.34. The maximum Gasteiger partial charge on any atom is 0.329 e. The van der Waals surface area contributed by atoms with Crippen LogP contribution in [0.3, 0.4) is 0 Å². The molecule has 8 nitrogen and oxygen atoms in total. The third kappa shape index (κ3) is 3.86. The van der Waals surface area contributed by atoms with Gasteiger partial charge in [0.1, 0.15) is 6.54 Å². The van der Waals surface area contributed by atoms with Gasteiger partial charge in [0.15, 0.2) is 0 Å². The first kappa shape index (κ1) is 20.9. The highest BCUT2D eigenvalue weighted by Crippen LogP contribution is 2.25. The van der Waals surface area contributed by atoms with Gasteiger partial charge in [0, 0.05) is 29.2 Å². The molecule has 0 aliphatic heterocycles. The quantitative estimate of drug-likeness (QED) is 0.499. The first-order valence-electron chi connectivity index (χ1n) is 9.86. The lowest BCUT2D eigenvalue weighted by molar-refractivity contribution is -0.116. The second kappa shape index (κ2) is 8.03. The number of aryl methyl sites for hydroxylation is 1. The normalized spacial score (nSPS) is 11.4. The molecule has 1 amide bonds. The lowest BCUT2D eigenvalue weighted by Gasteiger charge is -2.10. The molecule has 0 aliphatic rings. The Kier molecular flexibility index (Phi) is 5.41. The molecule has 0 radical (unpaired) electrons. The number of rotatable bonds is 5. The lowest BCUT2D eigenvalue weighted by Crippen LogP contribution is -2.30. The Hall–Kier alpha value is -3.39. The monoisotopic (exact) mass is 439 g/mol. The summed E-state index contributed by atoms with van der Waals surface area (Å²) in [5, 5.41) is 7.36. The van der Waals surface area contributed by atoms with E-state index in [4.69, 9.17) is 16.1 Å². The fourth-order valence-corrected chi connectivity index (χ4v) is 3.74. The Balaban J connectivity index is 1.76. The van der Waals surface area contributed by atoms with E-state index in [9.17, 15) is 9.59 Å². The number of carbonyl (C=O) groups excluding carboxylic acids is 1. The summed E-state index contributed by atoms with van der Waals surface area (Å²) in [6, 6.07) is 10.7. The molecular formula is C22H22ClN5O3. The van der Waals surface area contributed by atoms with Crippen LogP contribution in [0, 0.1) is 13.8 Å². The van der Waals surface area contributed by atoms with Crippen LogP contribution in [0.1, 0.15) is 31.3 Å². The van der Waals surface area contributed by atoms with Crippen LogP contribution in [-0.2, 0) is 11.3 Å². The molecule has 2 aromatic carbocycles. The van der Waals surface area contributed by atoms with Crippen LogP contribution in [0.4, 0.5) is 5.69 Å². The van der Waals surface area contributed by atoms with Crippen molar-refractivity contribution in [1.82, 2.24) is 19.3 Å². The predicted molar refractivity (Wildman–Crippen MR) is 119 cm³/mol. The number of imidazole rings is 1. The summed E-state index contributed by atoms with van der Waals surface area (Å²) in [5.41, 5.74) is 3.17. The minimum atomic E-state index is -0.323. The number of anilines is 1. The molecule has 160 valence electrons. The van der Waals surface area contributed by atoms with Crippen molar-refractivity contribution >= 4 is 34.2 Å². The van der Waals surface area contributed by atoms with Gasteiger partial charge in [0.2, 0.25) is 17.6 Å². The van der Waals surface area contributed by atoms with Gasteiger partial charge in [-0.15, -0.1) is 0 Å². The van der Waals surface area contributed by atoms with Crippen LogP contribution < -0.4 is 11.0 Å². The van der Waals surface area contributed by atoms with Gasteiger partial charge in [-0.1, -0.05) is 22.8 Å². The van der Waals surface area contributed by atoms with Crippen LogP contribution in [-0.4, -0.2) is 25.2 Å². The second-order valence-electron chi connectivity index (χ2n) is 7.63. The molecule has 0 unspecified atom stereocenters. The van der Waals surface area contributed by atoms with Crippen molar-refractivity contribution in [2.24, 2.45) is 0 Å². The Bertz CT molecular complexity index is 1350. The summed E-state index contributed by atoms with van der Waals surface area (Å²) in [6.45, 7) is 7.25. The van der Waals surface area contributed by atoms with Crippen molar-refractivity contribution in [1.29, 1.82) is 0 Å². The molecule has 0 saturated heterocycles. The Morgan fingerprint density at radius 3 is 2.65 bits per heavy atom. The Morgan fingerprint density at radius 1 is 1.19 bits per heavy atom. The number of amides is 1. The SMILES string of the molecule is Cc1nc(-c2ccc3c(c2)n(CC(=O)Nc2cccc(Cl)c2C)c(=O)n3C(C)C)no1. The maximum absolute atomic E-state index is 13.2. The van der Waals surface area contributed by atoms with E-state index in [1.807, 2.05) is 32.9 Å². The summed E-state index contributed by atoms with van der Waals surface area (Å²) in [6.07, 6.45) is 0. The smallest absolute Gasteiger partial charge is 0.329 e. The number of nitrogens with zero attached hydrogens (tertiary/aromatic N) is 4. The van der Waals surface area contributed by atoms with E-state index in [0.717, 1.165) is 11.1 Å². The van der Waals surface area contributed by atoms with Gasteiger partial charge in [0.25, 0.3) is 0 Å². The minimum absolute atomic E-state index is 0.0762. The van der Waals surface area contributed by atoms with Crippen LogP contribution in [0.15, 0.2) is 45.7 Å². The van der Waals surface area contributed by atoms with E-state index in [1.165, 1.54) is 4.57 Å². The zero-order valence-electron chi connectivity index (χ0n) is 17.6. The molecule has 2 heterocycles. The Labute approximate surface area is 183 Å². The van der Waals surface area contributed by atoms with Gasteiger partial charge < -0.3 is 9.84 Å².